The molecule has 0 amide bonds. The average molecular weight is 470 g/mol. The number of esters is 1. The molecule has 1 aromatic rings. The minimum atomic E-state index is -0.323. The summed E-state index contributed by atoms with van der Waals surface area (Å²) in [7, 11) is 0. The minimum Gasteiger partial charge on any atom is -0.430 e. The SMILES string of the molecule is CC(=NOCc1ccc(Cl)s1)C1=C(OC(=O)C(C)C)CC(C2CCCSC2)CC1=O. The Morgan fingerprint density at radius 1 is 1.30 bits per heavy atom. The number of nitrogens with zero attached hydrogens (tertiary/aromatic N) is 1. The highest BCUT2D eigenvalue weighted by Crippen LogP contribution is 2.39. The molecule has 2 unspecified atom stereocenters. The van der Waals surface area contributed by atoms with Crippen LogP contribution in [0.4, 0.5) is 0 Å². The maximum Gasteiger partial charge on any atom is 0.313 e. The van der Waals surface area contributed by atoms with Gasteiger partial charge in [0.05, 0.1) is 21.5 Å². The summed E-state index contributed by atoms with van der Waals surface area (Å²) in [5.74, 6) is 2.80. The molecule has 2 atom stereocenters. The molecule has 1 aromatic heterocycles. The smallest absolute Gasteiger partial charge is 0.313 e. The van der Waals surface area contributed by atoms with Gasteiger partial charge in [-0.05, 0) is 55.2 Å². The second-order valence-electron chi connectivity index (χ2n) is 8.10. The van der Waals surface area contributed by atoms with E-state index in [4.69, 9.17) is 21.2 Å². The fraction of sp³-hybridized carbons (Fsp3) is 0.591. The summed E-state index contributed by atoms with van der Waals surface area (Å²) in [4.78, 5) is 31.8. The van der Waals surface area contributed by atoms with Gasteiger partial charge in [-0.3, -0.25) is 9.59 Å². The molecule has 8 heteroatoms. The van der Waals surface area contributed by atoms with E-state index in [2.05, 4.69) is 5.16 Å². The molecule has 1 fully saturated rings. The van der Waals surface area contributed by atoms with Crippen molar-refractivity contribution in [1.29, 1.82) is 0 Å². The van der Waals surface area contributed by atoms with Crippen LogP contribution in [0.15, 0.2) is 28.6 Å². The van der Waals surface area contributed by atoms with E-state index in [0.29, 0.717) is 40.1 Å². The van der Waals surface area contributed by atoms with Crippen LogP contribution in [0.5, 0.6) is 0 Å². The number of hydrogen-bond donors (Lipinski definition) is 0. The van der Waals surface area contributed by atoms with Gasteiger partial charge in [0, 0.05) is 17.7 Å². The molecule has 0 N–H and O–H groups in total. The van der Waals surface area contributed by atoms with Gasteiger partial charge < -0.3 is 9.57 Å². The highest BCUT2D eigenvalue weighted by molar-refractivity contribution is 7.99. The molecule has 164 valence electrons. The fourth-order valence-electron chi connectivity index (χ4n) is 3.78. The lowest BCUT2D eigenvalue weighted by molar-refractivity contribution is -0.143. The predicted octanol–water partition coefficient (Wildman–Crippen LogP) is 5.87. The number of Topliss-reactive ketones (excluding diaryl/α,β-unsaturated/α-hetero) is 1. The molecule has 1 saturated heterocycles. The Morgan fingerprint density at radius 3 is 2.73 bits per heavy atom. The lowest BCUT2D eigenvalue weighted by Gasteiger charge is -2.33. The number of allylic oxidation sites excluding steroid dienone is 2. The van der Waals surface area contributed by atoms with E-state index in [-0.39, 0.29) is 30.2 Å². The van der Waals surface area contributed by atoms with Crippen LogP contribution in [-0.2, 0) is 25.8 Å². The van der Waals surface area contributed by atoms with Gasteiger partial charge in [0.2, 0.25) is 0 Å². The van der Waals surface area contributed by atoms with Crippen molar-refractivity contribution in [3.63, 3.8) is 0 Å². The van der Waals surface area contributed by atoms with Crippen LogP contribution in [0.25, 0.3) is 0 Å². The van der Waals surface area contributed by atoms with Crippen molar-refractivity contribution in [2.75, 3.05) is 11.5 Å². The lowest BCUT2D eigenvalue weighted by Crippen LogP contribution is -2.32. The zero-order valence-electron chi connectivity index (χ0n) is 17.6. The third-order valence-corrected chi connectivity index (χ3v) is 7.86. The van der Waals surface area contributed by atoms with Crippen molar-refractivity contribution < 1.29 is 19.2 Å². The van der Waals surface area contributed by atoms with Crippen molar-refractivity contribution in [1.82, 2.24) is 0 Å². The Balaban J connectivity index is 1.79. The molecule has 0 saturated carbocycles. The minimum absolute atomic E-state index is 0.0163. The molecular formula is C22H28ClNO4S2. The number of carbonyl (C=O) groups is 2. The number of oxime groups is 1. The molecular weight excluding hydrogens is 442 g/mol. The van der Waals surface area contributed by atoms with E-state index >= 15 is 0 Å². The van der Waals surface area contributed by atoms with E-state index in [9.17, 15) is 9.59 Å². The van der Waals surface area contributed by atoms with Crippen molar-refractivity contribution in [3.8, 4) is 0 Å². The normalized spacial score (nSPS) is 23.1. The summed E-state index contributed by atoms with van der Waals surface area (Å²) in [6, 6.07) is 3.69. The number of halogens is 1. The summed E-state index contributed by atoms with van der Waals surface area (Å²) in [6.45, 7) is 5.59. The van der Waals surface area contributed by atoms with Gasteiger partial charge in [0.15, 0.2) is 12.4 Å². The molecule has 5 nitrogen and oxygen atoms in total. The Morgan fingerprint density at radius 2 is 2.10 bits per heavy atom. The molecule has 0 spiro atoms. The van der Waals surface area contributed by atoms with Gasteiger partial charge >= 0.3 is 5.97 Å². The maximum atomic E-state index is 13.1. The van der Waals surface area contributed by atoms with Crippen molar-refractivity contribution in [3.05, 3.63) is 32.7 Å². The van der Waals surface area contributed by atoms with E-state index in [1.165, 1.54) is 23.5 Å². The van der Waals surface area contributed by atoms with Crippen LogP contribution < -0.4 is 0 Å². The van der Waals surface area contributed by atoms with Crippen LogP contribution in [0, 0.1) is 17.8 Å². The van der Waals surface area contributed by atoms with Crippen LogP contribution >= 0.6 is 34.7 Å². The molecule has 0 aromatic carbocycles. The van der Waals surface area contributed by atoms with Crippen LogP contribution in [-0.4, -0.2) is 29.0 Å². The molecule has 1 aliphatic carbocycles. The second-order valence-corrected chi connectivity index (χ2v) is 11.0. The number of thiophene rings is 1. The zero-order valence-corrected chi connectivity index (χ0v) is 20.0. The molecule has 2 heterocycles. The Kier molecular flexibility index (Phi) is 8.43. The number of carbonyl (C=O) groups excluding carboxylic acids is 2. The Labute approximate surface area is 191 Å². The Bertz CT molecular complexity index is 840. The first-order valence-electron chi connectivity index (χ1n) is 10.3. The number of ketones is 1. The first kappa shape index (κ1) is 23.4. The van der Waals surface area contributed by atoms with Gasteiger partial charge in [-0.2, -0.15) is 11.8 Å². The first-order chi connectivity index (χ1) is 14.3. The molecule has 0 radical (unpaired) electrons. The number of ether oxygens (including phenoxy) is 1. The van der Waals surface area contributed by atoms with E-state index in [1.807, 2.05) is 23.9 Å². The molecule has 2 aliphatic rings. The van der Waals surface area contributed by atoms with Crippen LogP contribution in [0.1, 0.15) is 51.3 Å². The summed E-state index contributed by atoms with van der Waals surface area (Å²) in [5.41, 5.74) is 0.846. The topological polar surface area (TPSA) is 65.0 Å². The largest absolute Gasteiger partial charge is 0.430 e. The van der Waals surface area contributed by atoms with Crippen molar-refractivity contribution >= 4 is 52.2 Å². The van der Waals surface area contributed by atoms with Crippen molar-refractivity contribution in [2.45, 2.75) is 53.1 Å². The zero-order chi connectivity index (χ0) is 21.7. The highest BCUT2D eigenvalue weighted by atomic mass is 35.5. The van der Waals surface area contributed by atoms with Gasteiger partial charge in [0.1, 0.15) is 5.76 Å². The van der Waals surface area contributed by atoms with Gasteiger partial charge in [-0.15, -0.1) is 11.3 Å². The fourth-order valence-corrected chi connectivity index (χ4v) is 6.06. The first-order valence-corrected chi connectivity index (χ1v) is 12.7. The summed E-state index contributed by atoms with van der Waals surface area (Å²) in [5, 5.41) is 4.15. The number of hydrogen-bond acceptors (Lipinski definition) is 7. The quantitative estimate of drug-likeness (QED) is 0.284. The standard InChI is InChI=1S/C22H28ClNO4S2/c1-13(2)22(26)28-19-10-16(15-5-4-8-29-12-15)9-18(25)21(19)14(3)24-27-11-17-6-7-20(23)30-17/h6-7,13,15-16H,4-5,8-12H2,1-3H3. The molecule has 1 aliphatic heterocycles. The second kappa shape index (κ2) is 10.8. The highest BCUT2D eigenvalue weighted by Gasteiger charge is 2.36. The molecule has 30 heavy (non-hydrogen) atoms. The number of rotatable bonds is 7. The summed E-state index contributed by atoms with van der Waals surface area (Å²) >= 11 is 9.31. The van der Waals surface area contributed by atoms with Gasteiger partial charge in [0.25, 0.3) is 0 Å². The van der Waals surface area contributed by atoms with Gasteiger partial charge in [-0.25, -0.2) is 0 Å². The Hall–Kier alpha value is -1.31. The predicted molar refractivity (Wildman–Crippen MR) is 123 cm³/mol. The average Bonchev–Trinajstić information content (AvgIpc) is 3.13. The van der Waals surface area contributed by atoms with Crippen molar-refractivity contribution in [2.24, 2.45) is 22.9 Å². The van der Waals surface area contributed by atoms with Crippen LogP contribution in [0.2, 0.25) is 4.34 Å². The summed E-state index contributed by atoms with van der Waals surface area (Å²) in [6.07, 6.45) is 3.37. The molecule has 0 bridgehead atoms. The van der Waals surface area contributed by atoms with Crippen LogP contribution in [0.3, 0.4) is 0 Å². The van der Waals surface area contributed by atoms with E-state index in [1.54, 1.807) is 20.8 Å². The summed E-state index contributed by atoms with van der Waals surface area (Å²) < 4.78 is 6.40. The van der Waals surface area contributed by atoms with Gasteiger partial charge in [-0.1, -0.05) is 30.6 Å². The lowest BCUT2D eigenvalue weighted by atomic mass is 9.77. The third-order valence-electron chi connectivity index (χ3n) is 5.41. The van der Waals surface area contributed by atoms with E-state index in [0.717, 1.165) is 17.1 Å². The number of thioether (sulfide) groups is 1. The molecule has 3 rings (SSSR count). The van der Waals surface area contributed by atoms with E-state index < -0.39 is 0 Å². The third kappa shape index (κ3) is 6.11. The monoisotopic (exact) mass is 469 g/mol. The maximum absolute atomic E-state index is 13.1.